The third-order valence-corrected chi connectivity index (χ3v) is 3.26. The molecule has 1 aliphatic rings. The van der Waals surface area contributed by atoms with Gasteiger partial charge < -0.3 is 10.2 Å². The first kappa shape index (κ1) is 11.4. The van der Waals surface area contributed by atoms with Crippen LogP contribution < -0.4 is 0 Å². The van der Waals surface area contributed by atoms with E-state index in [-0.39, 0.29) is 12.0 Å². The minimum Gasteiger partial charge on any atom is -0.393 e. The van der Waals surface area contributed by atoms with Crippen LogP contribution in [0.2, 0.25) is 0 Å². The molecule has 0 unspecified atom stereocenters. The number of hydrogen-bond acceptors (Lipinski definition) is 2. The molecule has 86 valence electrons. The fourth-order valence-electron chi connectivity index (χ4n) is 2.28. The molecule has 1 aliphatic carbocycles. The Balaban J connectivity index is 1.96. The predicted octanol–water partition coefficient (Wildman–Crippen LogP) is 2.22. The van der Waals surface area contributed by atoms with Crippen molar-refractivity contribution in [1.82, 2.24) is 0 Å². The summed E-state index contributed by atoms with van der Waals surface area (Å²) in [6.45, 7) is 0. The molecule has 16 heavy (non-hydrogen) atoms. The summed E-state index contributed by atoms with van der Waals surface area (Å²) < 4.78 is 0. The van der Waals surface area contributed by atoms with E-state index in [9.17, 15) is 10.2 Å². The van der Waals surface area contributed by atoms with Crippen LogP contribution in [0.25, 0.3) is 6.08 Å². The third-order valence-electron chi connectivity index (χ3n) is 3.26. The second-order valence-electron chi connectivity index (χ2n) is 4.42. The number of aliphatic hydroxyl groups is 2. The smallest absolute Gasteiger partial charge is 0.0776 e. The monoisotopic (exact) mass is 218 g/mol. The maximum Gasteiger partial charge on any atom is 0.0776 e. The Labute approximate surface area is 96.2 Å². The highest BCUT2D eigenvalue weighted by atomic mass is 16.3. The largest absolute Gasteiger partial charge is 0.393 e. The van der Waals surface area contributed by atoms with E-state index in [1.165, 1.54) is 0 Å². The molecule has 0 saturated heterocycles. The molecule has 1 saturated carbocycles. The highest BCUT2D eigenvalue weighted by molar-refractivity contribution is 5.49. The first-order chi connectivity index (χ1) is 7.77. The van der Waals surface area contributed by atoms with Gasteiger partial charge in [0, 0.05) is 5.92 Å². The van der Waals surface area contributed by atoms with Gasteiger partial charge in [0.25, 0.3) is 0 Å². The highest BCUT2D eigenvalue weighted by Crippen LogP contribution is 2.29. The molecule has 2 rings (SSSR count). The van der Waals surface area contributed by atoms with Gasteiger partial charge in [0.2, 0.25) is 0 Å². The first-order valence-corrected chi connectivity index (χ1v) is 5.87. The predicted molar refractivity (Wildman–Crippen MR) is 64.8 cm³/mol. The lowest BCUT2D eigenvalue weighted by molar-refractivity contribution is 0.0569. The Hall–Kier alpha value is -1.12. The van der Waals surface area contributed by atoms with E-state index in [1.807, 2.05) is 36.4 Å². The molecule has 1 aromatic rings. The van der Waals surface area contributed by atoms with Crippen molar-refractivity contribution in [3.8, 4) is 0 Å². The zero-order valence-corrected chi connectivity index (χ0v) is 9.29. The van der Waals surface area contributed by atoms with Crippen molar-refractivity contribution in [3.05, 3.63) is 42.0 Å². The molecule has 0 amide bonds. The minimum absolute atomic E-state index is 0.0139. The average molecular weight is 218 g/mol. The highest BCUT2D eigenvalue weighted by Gasteiger charge is 2.29. The quantitative estimate of drug-likeness (QED) is 0.816. The minimum atomic E-state index is -0.530. The van der Waals surface area contributed by atoms with Crippen LogP contribution in [0.15, 0.2) is 36.4 Å². The van der Waals surface area contributed by atoms with E-state index in [2.05, 4.69) is 0 Å². The fourth-order valence-corrected chi connectivity index (χ4v) is 2.28. The zero-order chi connectivity index (χ0) is 11.4. The van der Waals surface area contributed by atoms with Gasteiger partial charge in [-0.2, -0.15) is 0 Å². The van der Waals surface area contributed by atoms with Gasteiger partial charge in [-0.05, 0) is 18.4 Å². The molecule has 0 aromatic heterocycles. The number of rotatable bonds is 3. The molecule has 1 fully saturated rings. The van der Waals surface area contributed by atoms with Crippen molar-refractivity contribution in [2.24, 2.45) is 5.92 Å². The summed E-state index contributed by atoms with van der Waals surface area (Å²) in [7, 11) is 0. The van der Waals surface area contributed by atoms with Crippen molar-refractivity contribution in [2.45, 2.75) is 31.5 Å². The van der Waals surface area contributed by atoms with Crippen LogP contribution in [0.4, 0.5) is 0 Å². The molecule has 0 spiro atoms. The van der Waals surface area contributed by atoms with Gasteiger partial charge in [0.05, 0.1) is 12.2 Å². The maximum absolute atomic E-state index is 9.93. The van der Waals surface area contributed by atoms with E-state index < -0.39 is 6.10 Å². The van der Waals surface area contributed by atoms with Crippen molar-refractivity contribution in [1.29, 1.82) is 0 Å². The Morgan fingerprint density at radius 1 is 1.19 bits per heavy atom. The second kappa shape index (κ2) is 5.28. The van der Waals surface area contributed by atoms with Crippen LogP contribution in [0.5, 0.6) is 0 Å². The Morgan fingerprint density at radius 3 is 2.56 bits per heavy atom. The van der Waals surface area contributed by atoms with Gasteiger partial charge in [-0.15, -0.1) is 0 Å². The van der Waals surface area contributed by atoms with Crippen LogP contribution in [0.3, 0.4) is 0 Å². The average Bonchev–Trinajstić information content (AvgIpc) is 2.74. The van der Waals surface area contributed by atoms with Crippen LogP contribution in [0, 0.1) is 5.92 Å². The Kier molecular flexibility index (Phi) is 3.75. The third kappa shape index (κ3) is 2.71. The molecular formula is C14H18O2. The molecule has 0 heterocycles. The van der Waals surface area contributed by atoms with Gasteiger partial charge >= 0.3 is 0 Å². The Morgan fingerprint density at radius 2 is 1.94 bits per heavy atom. The lowest BCUT2D eigenvalue weighted by Gasteiger charge is -2.18. The van der Waals surface area contributed by atoms with Crippen molar-refractivity contribution < 1.29 is 10.2 Å². The maximum atomic E-state index is 9.93. The van der Waals surface area contributed by atoms with Crippen LogP contribution in [-0.4, -0.2) is 22.4 Å². The molecule has 0 aliphatic heterocycles. The molecular weight excluding hydrogens is 200 g/mol. The van der Waals surface area contributed by atoms with E-state index in [1.54, 1.807) is 6.08 Å². The first-order valence-electron chi connectivity index (χ1n) is 5.87. The summed E-state index contributed by atoms with van der Waals surface area (Å²) in [5.74, 6) is 0.0139. The van der Waals surface area contributed by atoms with Crippen LogP contribution in [0.1, 0.15) is 24.8 Å². The summed E-state index contributed by atoms with van der Waals surface area (Å²) in [4.78, 5) is 0. The number of benzene rings is 1. The van der Waals surface area contributed by atoms with Crippen LogP contribution >= 0.6 is 0 Å². The summed E-state index contributed by atoms with van der Waals surface area (Å²) >= 11 is 0. The van der Waals surface area contributed by atoms with E-state index in [0.29, 0.717) is 0 Å². The van der Waals surface area contributed by atoms with Crippen molar-refractivity contribution in [2.75, 3.05) is 0 Å². The molecule has 2 nitrogen and oxygen atoms in total. The van der Waals surface area contributed by atoms with Gasteiger partial charge in [-0.1, -0.05) is 48.9 Å². The molecule has 0 radical (unpaired) electrons. The standard InChI is InChI=1S/C14H18O2/c15-13-8-4-7-12(13)14(16)10-9-11-5-2-1-3-6-11/h1-3,5-6,9-10,12-16H,4,7-8H2/b10-9+/t12-,13-,14+/m1/s1. The van der Waals surface area contributed by atoms with Gasteiger partial charge in [-0.25, -0.2) is 0 Å². The SMILES string of the molecule is O[C@@H]1CCC[C@H]1[C@@H](O)/C=C/c1ccccc1. The summed E-state index contributed by atoms with van der Waals surface area (Å²) in [6.07, 6.45) is 5.59. The van der Waals surface area contributed by atoms with Gasteiger partial charge in [-0.3, -0.25) is 0 Å². The van der Waals surface area contributed by atoms with Crippen molar-refractivity contribution in [3.63, 3.8) is 0 Å². The van der Waals surface area contributed by atoms with E-state index >= 15 is 0 Å². The van der Waals surface area contributed by atoms with E-state index in [4.69, 9.17) is 0 Å². The summed E-state index contributed by atoms with van der Waals surface area (Å²) in [5.41, 5.74) is 1.08. The van der Waals surface area contributed by atoms with E-state index in [0.717, 1.165) is 24.8 Å². The molecule has 0 bridgehead atoms. The zero-order valence-electron chi connectivity index (χ0n) is 9.29. The lowest BCUT2D eigenvalue weighted by atomic mass is 9.98. The fraction of sp³-hybridized carbons (Fsp3) is 0.429. The molecule has 1 aromatic carbocycles. The van der Waals surface area contributed by atoms with Crippen molar-refractivity contribution >= 4 is 6.08 Å². The summed E-state index contributed by atoms with van der Waals surface area (Å²) in [5, 5.41) is 19.6. The summed E-state index contributed by atoms with van der Waals surface area (Å²) in [6, 6.07) is 9.89. The van der Waals surface area contributed by atoms with Gasteiger partial charge in [0.1, 0.15) is 0 Å². The van der Waals surface area contributed by atoms with Crippen LogP contribution in [-0.2, 0) is 0 Å². The molecule has 2 N–H and O–H groups in total. The number of hydrogen-bond donors (Lipinski definition) is 2. The van der Waals surface area contributed by atoms with Gasteiger partial charge in [0.15, 0.2) is 0 Å². The normalized spacial score (nSPS) is 27.4. The molecule has 3 atom stereocenters. The Bertz CT molecular complexity index is 345. The molecule has 2 heteroatoms. The lowest BCUT2D eigenvalue weighted by Crippen LogP contribution is -2.25. The second-order valence-corrected chi connectivity index (χ2v) is 4.42. The topological polar surface area (TPSA) is 40.5 Å². The number of aliphatic hydroxyl groups excluding tert-OH is 2.